The molecule has 5 nitrogen and oxygen atoms in total. The third-order valence-corrected chi connectivity index (χ3v) is 6.58. The van der Waals surface area contributed by atoms with E-state index in [1.165, 1.54) is 0 Å². The van der Waals surface area contributed by atoms with Crippen LogP contribution in [-0.2, 0) is 4.79 Å². The maximum Gasteiger partial charge on any atom is 0.327 e. The Balaban J connectivity index is 1.49. The SMILES string of the molecule is O=C(N[C@H](C(=O)O)C1c2ccccc2-c2ccccc21)c1c2ccccc2nc2ccccc12. The number of pyridine rings is 1. The number of aliphatic carboxylic acids is 1. The van der Waals surface area contributed by atoms with Gasteiger partial charge < -0.3 is 10.4 Å². The van der Waals surface area contributed by atoms with Crippen molar-refractivity contribution in [2.75, 3.05) is 0 Å². The van der Waals surface area contributed by atoms with E-state index in [0.717, 1.165) is 22.3 Å². The van der Waals surface area contributed by atoms with Gasteiger partial charge in [-0.3, -0.25) is 4.79 Å². The van der Waals surface area contributed by atoms with E-state index in [1.807, 2.05) is 97.1 Å². The zero-order valence-electron chi connectivity index (χ0n) is 18.1. The van der Waals surface area contributed by atoms with Gasteiger partial charge in [0.25, 0.3) is 5.91 Å². The second-order valence-electron chi connectivity index (χ2n) is 8.46. The Hall–Kier alpha value is -4.51. The number of carboxylic acid groups (broad SMARTS) is 1. The van der Waals surface area contributed by atoms with Gasteiger partial charge in [0.15, 0.2) is 0 Å². The molecule has 0 radical (unpaired) electrons. The van der Waals surface area contributed by atoms with E-state index in [0.29, 0.717) is 27.4 Å². The van der Waals surface area contributed by atoms with Gasteiger partial charge in [-0.05, 0) is 34.4 Å². The van der Waals surface area contributed by atoms with E-state index in [1.54, 1.807) is 0 Å². The normalized spacial score (nSPS) is 13.4. The lowest BCUT2D eigenvalue weighted by Crippen LogP contribution is -2.45. The summed E-state index contributed by atoms with van der Waals surface area (Å²) in [6, 6.07) is 29.3. The summed E-state index contributed by atoms with van der Waals surface area (Å²) in [5.41, 5.74) is 5.63. The van der Waals surface area contributed by atoms with Crippen LogP contribution in [0.4, 0.5) is 0 Å². The average Bonchev–Trinajstić information content (AvgIpc) is 3.19. The first kappa shape index (κ1) is 20.1. The maximum atomic E-state index is 13.8. The molecule has 1 aliphatic carbocycles. The molecule has 34 heavy (non-hydrogen) atoms. The number of rotatable bonds is 4. The molecule has 164 valence electrons. The Morgan fingerprint density at radius 3 is 1.71 bits per heavy atom. The fourth-order valence-electron chi connectivity index (χ4n) is 5.14. The number of fused-ring (bicyclic) bond motifs is 5. The number of nitrogens with one attached hydrogen (secondary N) is 1. The molecule has 2 N–H and O–H groups in total. The fraction of sp³-hybridized carbons (Fsp3) is 0.0690. The molecule has 0 bridgehead atoms. The quantitative estimate of drug-likeness (QED) is 0.365. The van der Waals surface area contributed by atoms with Crippen molar-refractivity contribution < 1.29 is 14.7 Å². The number of amides is 1. The van der Waals surface area contributed by atoms with Crippen molar-refractivity contribution in [2.24, 2.45) is 0 Å². The minimum Gasteiger partial charge on any atom is -0.480 e. The highest BCUT2D eigenvalue weighted by Crippen LogP contribution is 2.46. The Morgan fingerprint density at radius 2 is 1.18 bits per heavy atom. The van der Waals surface area contributed by atoms with Crippen molar-refractivity contribution in [2.45, 2.75) is 12.0 Å². The molecule has 4 aromatic carbocycles. The van der Waals surface area contributed by atoms with Gasteiger partial charge in [-0.25, -0.2) is 9.78 Å². The van der Waals surface area contributed by atoms with Crippen molar-refractivity contribution in [1.82, 2.24) is 10.3 Å². The van der Waals surface area contributed by atoms with Crippen LogP contribution in [0, 0.1) is 0 Å². The molecule has 6 rings (SSSR count). The second-order valence-corrected chi connectivity index (χ2v) is 8.46. The predicted molar refractivity (Wildman–Crippen MR) is 132 cm³/mol. The van der Waals surface area contributed by atoms with Crippen molar-refractivity contribution in [3.63, 3.8) is 0 Å². The molecule has 0 fully saturated rings. The van der Waals surface area contributed by atoms with E-state index in [2.05, 4.69) is 10.3 Å². The second kappa shape index (κ2) is 7.81. The van der Waals surface area contributed by atoms with Crippen LogP contribution in [0.25, 0.3) is 32.9 Å². The maximum absolute atomic E-state index is 13.8. The minimum absolute atomic E-state index is 0.427. The highest BCUT2D eigenvalue weighted by atomic mass is 16.4. The number of para-hydroxylation sites is 2. The minimum atomic E-state index is -1.14. The molecule has 1 heterocycles. The number of nitrogens with zero attached hydrogens (tertiary/aromatic N) is 1. The molecule has 1 amide bonds. The number of aromatic nitrogens is 1. The summed E-state index contributed by atoms with van der Waals surface area (Å²) >= 11 is 0. The molecule has 0 saturated heterocycles. The highest BCUT2D eigenvalue weighted by molar-refractivity contribution is 6.16. The van der Waals surface area contributed by atoms with Crippen LogP contribution in [0.15, 0.2) is 97.1 Å². The van der Waals surface area contributed by atoms with Gasteiger partial charge >= 0.3 is 5.97 Å². The first-order chi connectivity index (χ1) is 16.6. The zero-order chi connectivity index (χ0) is 23.2. The number of hydrogen-bond acceptors (Lipinski definition) is 3. The summed E-state index contributed by atoms with van der Waals surface area (Å²) in [4.78, 5) is 31.0. The monoisotopic (exact) mass is 444 g/mol. The Bertz CT molecular complexity index is 1510. The summed E-state index contributed by atoms with van der Waals surface area (Å²) in [6.07, 6.45) is 0. The van der Waals surface area contributed by atoms with Gasteiger partial charge in [-0.2, -0.15) is 0 Å². The van der Waals surface area contributed by atoms with E-state index in [9.17, 15) is 14.7 Å². The summed E-state index contributed by atoms with van der Waals surface area (Å²) in [7, 11) is 0. The van der Waals surface area contributed by atoms with Crippen LogP contribution < -0.4 is 5.32 Å². The van der Waals surface area contributed by atoms with Crippen molar-refractivity contribution in [3.8, 4) is 11.1 Å². The Labute approximate surface area is 195 Å². The highest BCUT2D eigenvalue weighted by Gasteiger charge is 2.39. The number of hydrogen-bond donors (Lipinski definition) is 2. The van der Waals surface area contributed by atoms with Crippen LogP contribution in [0.2, 0.25) is 0 Å². The van der Waals surface area contributed by atoms with Gasteiger partial charge in [-0.15, -0.1) is 0 Å². The lowest BCUT2D eigenvalue weighted by atomic mass is 9.89. The lowest BCUT2D eigenvalue weighted by molar-refractivity contribution is -0.139. The standard InChI is InChI=1S/C29H20N2O3/c32-28(26-21-13-5-7-15-23(21)30-24-16-8-6-14-22(24)26)31-27(29(33)34)25-19-11-3-1-9-17(19)18-10-2-4-12-20(18)25/h1-16,25,27H,(H,31,32)(H,33,34)/t27-/m0/s1. The topological polar surface area (TPSA) is 79.3 Å². The van der Waals surface area contributed by atoms with Crippen molar-refractivity contribution >= 4 is 33.7 Å². The molecule has 0 aliphatic heterocycles. The Kier molecular flexibility index (Phi) is 4.62. The van der Waals surface area contributed by atoms with Gasteiger partial charge in [0, 0.05) is 16.7 Å². The first-order valence-electron chi connectivity index (χ1n) is 11.1. The average molecular weight is 444 g/mol. The van der Waals surface area contributed by atoms with Crippen LogP contribution in [0.1, 0.15) is 27.4 Å². The number of benzene rings is 4. The van der Waals surface area contributed by atoms with E-state index in [4.69, 9.17) is 0 Å². The van der Waals surface area contributed by atoms with Crippen LogP contribution in [0.5, 0.6) is 0 Å². The van der Waals surface area contributed by atoms with E-state index < -0.39 is 23.8 Å². The van der Waals surface area contributed by atoms with Crippen LogP contribution >= 0.6 is 0 Å². The smallest absolute Gasteiger partial charge is 0.327 e. The van der Waals surface area contributed by atoms with Crippen molar-refractivity contribution in [3.05, 3.63) is 114 Å². The zero-order valence-corrected chi connectivity index (χ0v) is 18.1. The number of carbonyl (C=O) groups is 2. The first-order valence-corrected chi connectivity index (χ1v) is 11.1. The molecule has 5 aromatic rings. The molecule has 0 unspecified atom stereocenters. The van der Waals surface area contributed by atoms with Gasteiger partial charge in [0.1, 0.15) is 6.04 Å². The van der Waals surface area contributed by atoms with Crippen molar-refractivity contribution in [1.29, 1.82) is 0 Å². The molecule has 1 atom stereocenters. The molecular weight excluding hydrogens is 424 g/mol. The summed E-state index contributed by atoms with van der Waals surface area (Å²) < 4.78 is 0. The third kappa shape index (κ3) is 3.05. The summed E-state index contributed by atoms with van der Waals surface area (Å²) in [5, 5.41) is 14.5. The van der Waals surface area contributed by atoms with Gasteiger partial charge in [0.05, 0.1) is 16.6 Å². The molecule has 1 aliphatic rings. The third-order valence-electron chi connectivity index (χ3n) is 6.58. The van der Waals surface area contributed by atoms with Gasteiger partial charge in [0.2, 0.25) is 0 Å². The molecule has 1 aromatic heterocycles. The summed E-state index contributed by atoms with van der Waals surface area (Å²) in [6.45, 7) is 0. The van der Waals surface area contributed by atoms with Crippen LogP contribution in [0.3, 0.4) is 0 Å². The van der Waals surface area contributed by atoms with E-state index in [-0.39, 0.29) is 0 Å². The number of carboxylic acids is 1. The largest absolute Gasteiger partial charge is 0.480 e. The van der Waals surface area contributed by atoms with E-state index >= 15 is 0 Å². The fourth-order valence-corrected chi connectivity index (χ4v) is 5.14. The molecule has 0 spiro atoms. The molecular formula is C29H20N2O3. The predicted octanol–water partition coefficient (Wildman–Crippen LogP) is 5.38. The van der Waals surface area contributed by atoms with Gasteiger partial charge in [-0.1, -0.05) is 84.9 Å². The van der Waals surface area contributed by atoms with Crippen LogP contribution in [-0.4, -0.2) is 28.0 Å². The molecule has 0 saturated carbocycles. The Morgan fingerprint density at radius 1 is 0.706 bits per heavy atom. The lowest BCUT2D eigenvalue weighted by Gasteiger charge is -2.24. The number of carbonyl (C=O) groups excluding carboxylic acids is 1. The summed E-state index contributed by atoms with van der Waals surface area (Å²) in [5.74, 6) is -2.00. The molecule has 5 heteroatoms.